The summed E-state index contributed by atoms with van der Waals surface area (Å²) in [5, 5.41) is 38.2. The van der Waals surface area contributed by atoms with Crippen molar-refractivity contribution in [2.24, 2.45) is 10.2 Å². The van der Waals surface area contributed by atoms with Crippen LogP contribution in [0.4, 0.5) is 27.5 Å². The zero-order valence-corrected chi connectivity index (χ0v) is 19.3. The topological polar surface area (TPSA) is 141 Å². The minimum absolute atomic E-state index is 0.120. The summed E-state index contributed by atoms with van der Waals surface area (Å²) in [4.78, 5) is 25.9. The smallest absolute Gasteiger partial charge is 0.410 e. The molecular weight excluding hydrogens is 466 g/mol. The minimum Gasteiger partial charge on any atom is -0.448 e. The SMILES string of the molecule is CCN(CCOC(=O)N1C[C@H](O)C[C@H]1CO)c1ccc(N=Nc2ccc([N+](=O)[O-])cc2Cl)cc1. The molecule has 0 unspecified atom stereocenters. The molecule has 11 nitrogen and oxygen atoms in total. The Kier molecular flexibility index (Phi) is 8.74. The number of halogens is 1. The van der Waals surface area contributed by atoms with E-state index in [1.54, 1.807) is 12.1 Å². The number of hydrogen-bond donors (Lipinski definition) is 2. The van der Waals surface area contributed by atoms with Gasteiger partial charge in [-0.2, -0.15) is 5.11 Å². The molecule has 0 aliphatic carbocycles. The van der Waals surface area contributed by atoms with E-state index in [0.29, 0.717) is 30.9 Å². The molecule has 1 amide bonds. The van der Waals surface area contributed by atoms with Crippen molar-refractivity contribution >= 4 is 40.4 Å². The first-order valence-electron chi connectivity index (χ1n) is 10.7. The van der Waals surface area contributed by atoms with E-state index in [-0.39, 0.29) is 30.5 Å². The lowest BCUT2D eigenvalue weighted by Gasteiger charge is -2.25. The summed E-state index contributed by atoms with van der Waals surface area (Å²) >= 11 is 6.03. The molecule has 1 aliphatic heterocycles. The summed E-state index contributed by atoms with van der Waals surface area (Å²) in [6.45, 7) is 3.21. The summed E-state index contributed by atoms with van der Waals surface area (Å²) in [6.07, 6.45) is -0.858. The number of benzene rings is 2. The van der Waals surface area contributed by atoms with Crippen molar-refractivity contribution < 1.29 is 24.7 Å². The number of β-amino-alcohol motifs (C(OH)–C–C–N with tert-alkyl or cyclic N) is 1. The highest BCUT2D eigenvalue weighted by Crippen LogP contribution is 2.30. The molecule has 0 spiro atoms. The Balaban J connectivity index is 1.55. The molecule has 2 atom stereocenters. The van der Waals surface area contributed by atoms with Crippen LogP contribution in [0.2, 0.25) is 5.02 Å². The number of azo groups is 1. The lowest BCUT2D eigenvalue weighted by molar-refractivity contribution is -0.384. The predicted octanol–water partition coefficient (Wildman–Crippen LogP) is 4.05. The van der Waals surface area contributed by atoms with E-state index in [0.717, 1.165) is 5.69 Å². The maximum absolute atomic E-state index is 12.3. The monoisotopic (exact) mass is 491 g/mol. The predicted molar refractivity (Wildman–Crippen MR) is 126 cm³/mol. The molecule has 1 heterocycles. The zero-order valence-electron chi connectivity index (χ0n) is 18.6. The molecule has 3 rings (SSSR count). The third-order valence-corrected chi connectivity index (χ3v) is 5.74. The molecule has 0 bridgehead atoms. The molecular formula is C22H26ClN5O6. The van der Waals surface area contributed by atoms with Crippen LogP contribution in [0.5, 0.6) is 0 Å². The second kappa shape index (κ2) is 11.7. The van der Waals surface area contributed by atoms with Crippen molar-refractivity contribution in [2.75, 3.05) is 37.7 Å². The zero-order chi connectivity index (χ0) is 24.7. The summed E-state index contributed by atoms with van der Waals surface area (Å²) in [5.41, 5.74) is 1.67. The molecule has 2 aromatic rings. The van der Waals surface area contributed by atoms with Crippen molar-refractivity contribution in [3.8, 4) is 0 Å². The molecule has 0 radical (unpaired) electrons. The van der Waals surface area contributed by atoms with Gasteiger partial charge in [0.05, 0.1) is 47.5 Å². The summed E-state index contributed by atoms with van der Waals surface area (Å²) in [5.74, 6) is 0. The van der Waals surface area contributed by atoms with Crippen molar-refractivity contribution in [3.05, 3.63) is 57.6 Å². The fourth-order valence-electron chi connectivity index (χ4n) is 3.62. The van der Waals surface area contributed by atoms with Gasteiger partial charge in [0.15, 0.2) is 0 Å². The first-order valence-corrected chi connectivity index (χ1v) is 11.1. The fourth-order valence-corrected chi connectivity index (χ4v) is 3.83. The fraction of sp³-hybridized carbons (Fsp3) is 0.409. The highest BCUT2D eigenvalue weighted by molar-refractivity contribution is 6.33. The van der Waals surface area contributed by atoms with Crippen LogP contribution in [0.1, 0.15) is 13.3 Å². The number of carbonyl (C=O) groups excluding carboxylic acids is 1. The average molecular weight is 492 g/mol. The number of nitrogens with zero attached hydrogens (tertiary/aromatic N) is 5. The van der Waals surface area contributed by atoms with E-state index < -0.39 is 23.2 Å². The van der Waals surface area contributed by atoms with Crippen LogP contribution in [0.3, 0.4) is 0 Å². The number of nitro groups is 1. The van der Waals surface area contributed by atoms with Crippen molar-refractivity contribution in [2.45, 2.75) is 25.5 Å². The van der Waals surface area contributed by atoms with Crippen LogP contribution in [0.15, 0.2) is 52.7 Å². The molecule has 0 saturated carbocycles. The second-order valence-corrected chi connectivity index (χ2v) is 8.09. The maximum Gasteiger partial charge on any atom is 0.410 e. The van der Waals surface area contributed by atoms with Gasteiger partial charge in [0.25, 0.3) is 5.69 Å². The highest BCUT2D eigenvalue weighted by Gasteiger charge is 2.34. The number of aliphatic hydroxyl groups excluding tert-OH is 2. The number of carbonyl (C=O) groups is 1. The van der Waals surface area contributed by atoms with E-state index in [4.69, 9.17) is 16.3 Å². The third kappa shape index (κ3) is 6.40. The van der Waals surface area contributed by atoms with E-state index in [9.17, 15) is 25.1 Å². The largest absolute Gasteiger partial charge is 0.448 e. The van der Waals surface area contributed by atoms with Crippen molar-refractivity contribution in [3.63, 3.8) is 0 Å². The number of aliphatic hydroxyl groups is 2. The number of anilines is 1. The van der Waals surface area contributed by atoms with Gasteiger partial charge in [-0.15, -0.1) is 5.11 Å². The van der Waals surface area contributed by atoms with Gasteiger partial charge in [0, 0.05) is 24.4 Å². The van der Waals surface area contributed by atoms with Gasteiger partial charge in [0.1, 0.15) is 12.3 Å². The molecule has 1 aliphatic rings. The number of hydrogen-bond acceptors (Lipinski definition) is 9. The van der Waals surface area contributed by atoms with Gasteiger partial charge in [0.2, 0.25) is 0 Å². The van der Waals surface area contributed by atoms with Crippen LogP contribution >= 0.6 is 11.6 Å². The van der Waals surface area contributed by atoms with E-state index in [2.05, 4.69) is 10.2 Å². The lowest BCUT2D eigenvalue weighted by atomic mass is 10.2. The van der Waals surface area contributed by atoms with Crippen LogP contribution in [0, 0.1) is 10.1 Å². The normalized spacial score (nSPS) is 17.8. The summed E-state index contributed by atoms with van der Waals surface area (Å²) in [7, 11) is 0. The van der Waals surface area contributed by atoms with Crippen LogP contribution in [0.25, 0.3) is 0 Å². The summed E-state index contributed by atoms with van der Waals surface area (Å²) < 4.78 is 5.34. The Bertz CT molecular complexity index is 1030. The number of nitro benzene ring substituents is 1. The van der Waals surface area contributed by atoms with Gasteiger partial charge >= 0.3 is 6.09 Å². The molecule has 0 aromatic heterocycles. The Morgan fingerprint density at radius 2 is 2.03 bits per heavy atom. The molecule has 182 valence electrons. The van der Waals surface area contributed by atoms with Gasteiger partial charge < -0.3 is 24.7 Å². The molecule has 2 N–H and O–H groups in total. The molecule has 12 heteroatoms. The Morgan fingerprint density at radius 3 is 2.65 bits per heavy atom. The lowest BCUT2D eigenvalue weighted by Crippen LogP contribution is -2.39. The van der Waals surface area contributed by atoms with Gasteiger partial charge in [-0.3, -0.25) is 10.1 Å². The number of likely N-dealkylation sites (N-methyl/N-ethyl adjacent to an activating group) is 1. The average Bonchev–Trinajstić information content (AvgIpc) is 3.22. The quantitative estimate of drug-likeness (QED) is 0.306. The van der Waals surface area contributed by atoms with Crippen molar-refractivity contribution in [1.29, 1.82) is 0 Å². The minimum atomic E-state index is -0.649. The Hall–Kier alpha value is -3.28. The number of non-ortho nitro benzene ring substituents is 1. The number of ether oxygens (including phenoxy) is 1. The number of likely N-dealkylation sites (tertiary alicyclic amines) is 1. The van der Waals surface area contributed by atoms with Gasteiger partial charge in [-0.1, -0.05) is 11.6 Å². The molecule has 34 heavy (non-hydrogen) atoms. The molecule has 1 fully saturated rings. The molecule has 1 saturated heterocycles. The number of amides is 1. The molecule has 2 aromatic carbocycles. The van der Waals surface area contributed by atoms with E-state index in [1.165, 1.54) is 23.1 Å². The summed E-state index contributed by atoms with van der Waals surface area (Å²) in [6, 6.07) is 10.8. The first-order chi connectivity index (χ1) is 16.3. The van der Waals surface area contributed by atoms with Gasteiger partial charge in [-0.05, 0) is 43.7 Å². The maximum atomic E-state index is 12.3. The second-order valence-electron chi connectivity index (χ2n) is 7.68. The van der Waals surface area contributed by atoms with Gasteiger partial charge in [-0.25, -0.2) is 4.79 Å². The number of rotatable bonds is 9. The van der Waals surface area contributed by atoms with E-state index >= 15 is 0 Å². The van der Waals surface area contributed by atoms with Crippen LogP contribution in [-0.2, 0) is 4.74 Å². The van der Waals surface area contributed by atoms with Crippen molar-refractivity contribution in [1.82, 2.24) is 4.90 Å². The standard InChI is InChI=1S/C22H26ClN5O6/c1-2-26(9-10-34-22(31)27-13-19(30)11-18(27)14-29)16-5-3-15(4-6-16)24-25-21-8-7-17(28(32)33)12-20(21)23/h3-8,12,18-19,29-30H,2,9-11,13-14H2,1H3/t18-,19+/m0/s1. The third-order valence-electron chi connectivity index (χ3n) is 5.44. The first kappa shape index (κ1) is 25.3. The Labute approximate surface area is 201 Å². The van der Waals surface area contributed by atoms with E-state index in [1.807, 2.05) is 24.0 Å². The highest BCUT2D eigenvalue weighted by atomic mass is 35.5. The van der Waals surface area contributed by atoms with Crippen LogP contribution < -0.4 is 4.90 Å². The Morgan fingerprint density at radius 1 is 1.29 bits per heavy atom. The van der Waals surface area contributed by atoms with Crippen LogP contribution in [-0.4, -0.2) is 71.1 Å².